The number of aliphatic carboxylic acids is 1. The van der Waals surface area contributed by atoms with Crippen LogP contribution in [0.2, 0.25) is 5.02 Å². The molecule has 0 saturated heterocycles. The predicted molar refractivity (Wildman–Crippen MR) is 82.8 cm³/mol. The van der Waals surface area contributed by atoms with E-state index in [1.54, 1.807) is 30.3 Å². The highest BCUT2D eigenvalue weighted by Gasteiger charge is 2.18. The molecule has 4 nitrogen and oxygen atoms in total. The molecule has 7 heteroatoms. The smallest absolute Gasteiger partial charge is 0.313 e. The number of rotatable bonds is 4. The lowest BCUT2D eigenvalue weighted by molar-refractivity contribution is -0.133. The highest BCUT2D eigenvalue weighted by molar-refractivity contribution is 8.00. The van der Waals surface area contributed by atoms with Crippen LogP contribution in [0.25, 0.3) is 22.2 Å². The van der Waals surface area contributed by atoms with Crippen molar-refractivity contribution in [1.29, 1.82) is 0 Å². The molecular formula is C15H9ClFNO3S. The van der Waals surface area contributed by atoms with Crippen molar-refractivity contribution >= 4 is 40.3 Å². The first-order valence-corrected chi connectivity index (χ1v) is 7.61. The summed E-state index contributed by atoms with van der Waals surface area (Å²) in [5, 5.41) is 13.5. The third kappa shape index (κ3) is 2.67. The van der Waals surface area contributed by atoms with Gasteiger partial charge in [-0.1, -0.05) is 28.9 Å². The predicted octanol–water partition coefficient (Wildman–Crippen LogP) is 4.46. The van der Waals surface area contributed by atoms with E-state index in [0.717, 1.165) is 11.8 Å². The van der Waals surface area contributed by atoms with Crippen LogP contribution in [0.3, 0.4) is 0 Å². The van der Waals surface area contributed by atoms with E-state index in [4.69, 9.17) is 21.2 Å². The normalized spacial score (nSPS) is 11.0. The molecule has 2 aromatic carbocycles. The number of benzene rings is 2. The Morgan fingerprint density at radius 3 is 2.82 bits per heavy atom. The lowest BCUT2D eigenvalue weighted by atomic mass is 10.1. The molecule has 0 spiro atoms. The Morgan fingerprint density at radius 1 is 1.32 bits per heavy atom. The fourth-order valence-corrected chi connectivity index (χ4v) is 3.08. The molecule has 0 aliphatic carbocycles. The fraction of sp³-hybridized carbons (Fsp3) is 0.0667. The molecule has 1 aromatic heterocycles. The molecule has 0 bridgehead atoms. The number of halogens is 2. The summed E-state index contributed by atoms with van der Waals surface area (Å²) < 4.78 is 19.1. The van der Waals surface area contributed by atoms with E-state index in [2.05, 4.69) is 5.16 Å². The van der Waals surface area contributed by atoms with E-state index in [-0.39, 0.29) is 10.8 Å². The van der Waals surface area contributed by atoms with Gasteiger partial charge < -0.3 is 9.63 Å². The summed E-state index contributed by atoms with van der Waals surface area (Å²) in [7, 11) is 0. The van der Waals surface area contributed by atoms with Gasteiger partial charge in [-0.05, 0) is 24.3 Å². The standard InChI is InChI=1S/C15H9ClFNO3S/c16-13-11(22-7-12(19)20)6-5-9-14(18-21-15(9)13)8-3-1-2-4-10(8)17/h1-6H,7H2,(H,19,20). The van der Waals surface area contributed by atoms with Crippen LogP contribution >= 0.6 is 23.4 Å². The number of thioether (sulfide) groups is 1. The monoisotopic (exact) mass is 337 g/mol. The van der Waals surface area contributed by atoms with Crippen molar-refractivity contribution < 1.29 is 18.8 Å². The quantitative estimate of drug-likeness (QED) is 0.712. The summed E-state index contributed by atoms with van der Waals surface area (Å²) >= 11 is 7.31. The summed E-state index contributed by atoms with van der Waals surface area (Å²) in [5.74, 6) is -1.46. The molecule has 3 rings (SSSR count). The lowest BCUT2D eigenvalue weighted by Gasteiger charge is -2.02. The number of hydrogen-bond acceptors (Lipinski definition) is 4. The Kier molecular flexibility index (Phi) is 4.04. The third-order valence-corrected chi connectivity index (χ3v) is 4.55. The van der Waals surface area contributed by atoms with Gasteiger partial charge in [0.2, 0.25) is 0 Å². The zero-order valence-electron chi connectivity index (χ0n) is 11.0. The zero-order chi connectivity index (χ0) is 15.7. The maximum atomic E-state index is 13.9. The molecule has 0 amide bonds. The molecule has 22 heavy (non-hydrogen) atoms. The van der Waals surface area contributed by atoms with Crippen LogP contribution < -0.4 is 0 Å². The highest BCUT2D eigenvalue weighted by Crippen LogP contribution is 2.38. The Bertz CT molecular complexity index is 865. The fourth-order valence-electron chi connectivity index (χ4n) is 2.05. The first kappa shape index (κ1) is 14.9. The maximum Gasteiger partial charge on any atom is 0.313 e. The number of nitrogens with zero attached hydrogens (tertiary/aromatic N) is 1. The van der Waals surface area contributed by atoms with E-state index in [1.165, 1.54) is 6.07 Å². The molecule has 0 unspecified atom stereocenters. The molecule has 112 valence electrons. The Morgan fingerprint density at radius 2 is 2.09 bits per heavy atom. The topological polar surface area (TPSA) is 63.3 Å². The van der Waals surface area contributed by atoms with E-state index in [1.807, 2.05) is 0 Å². The number of fused-ring (bicyclic) bond motifs is 1. The van der Waals surface area contributed by atoms with Crippen LogP contribution in [0.5, 0.6) is 0 Å². The second-order valence-corrected chi connectivity index (χ2v) is 5.84. The summed E-state index contributed by atoms with van der Waals surface area (Å²) in [6, 6.07) is 9.62. The van der Waals surface area contributed by atoms with Crippen molar-refractivity contribution in [2.75, 3.05) is 5.75 Å². The van der Waals surface area contributed by atoms with Crippen LogP contribution in [-0.4, -0.2) is 22.0 Å². The summed E-state index contributed by atoms with van der Waals surface area (Å²) in [6.45, 7) is 0. The second kappa shape index (κ2) is 5.98. The molecule has 1 N–H and O–H groups in total. The Labute approximate surface area is 133 Å². The molecule has 0 fully saturated rings. The average molecular weight is 338 g/mol. The van der Waals surface area contributed by atoms with Gasteiger partial charge in [0.15, 0.2) is 5.58 Å². The van der Waals surface area contributed by atoms with Gasteiger partial charge in [-0.3, -0.25) is 4.79 Å². The number of carboxylic acid groups (broad SMARTS) is 1. The van der Waals surface area contributed by atoms with Crippen LogP contribution in [-0.2, 0) is 4.79 Å². The van der Waals surface area contributed by atoms with E-state index in [0.29, 0.717) is 27.1 Å². The van der Waals surface area contributed by atoms with Crippen LogP contribution in [0.4, 0.5) is 4.39 Å². The van der Waals surface area contributed by atoms with Crippen molar-refractivity contribution in [3.05, 3.63) is 47.2 Å². The van der Waals surface area contributed by atoms with Crippen molar-refractivity contribution in [3.8, 4) is 11.3 Å². The zero-order valence-corrected chi connectivity index (χ0v) is 12.6. The minimum atomic E-state index is -0.939. The third-order valence-electron chi connectivity index (χ3n) is 3.03. The van der Waals surface area contributed by atoms with Crippen molar-refractivity contribution in [1.82, 2.24) is 5.16 Å². The summed E-state index contributed by atoms with van der Waals surface area (Å²) in [5.41, 5.74) is 1.00. The SMILES string of the molecule is O=C(O)CSc1ccc2c(-c3ccccc3F)noc2c1Cl. The summed E-state index contributed by atoms with van der Waals surface area (Å²) in [6.07, 6.45) is 0. The minimum Gasteiger partial charge on any atom is -0.481 e. The van der Waals surface area contributed by atoms with Gasteiger partial charge in [0.05, 0.1) is 11.1 Å². The van der Waals surface area contributed by atoms with Gasteiger partial charge in [-0.15, -0.1) is 11.8 Å². The first-order valence-electron chi connectivity index (χ1n) is 6.25. The minimum absolute atomic E-state index is 0.112. The number of carboxylic acids is 1. The van der Waals surface area contributed by atoms with Gasteiger partial charge in [-0.2, -0.15) is 0 Å². The van der Waals surface area contributed by atoms with Gasteiger partial charge in [0.1, 0.15) is 16.5 Å². The lowest BCUT2D eigenvalue weighted by Crippen LogP contribution is -1.97. The average Bonchev–Trinajstić information content (AvgIpc) is 2.91. The van der Waals surface area contributed by atoms with Gasteiger partial charge in [0.25, 0.3) is 0 Å². The molecule has 1 heterocycles. The maximum absolute atomic E-state index is 13.9. The Balaban J connectivity index is 2.08. The first-order chi connectivity index (χ1) is 10.6. The second-order valence-electron chi connectivity index (χ2n) is 4.45. The molecule has 0 atom stereocenters. The van der Waals surface area contributed by atoms with E-state index in [9.17, 15) is 9.18 Å². The Hall–Kier alpha value is -2.05. The molecule has 0 aliphatic rings. The van der Waals surface area contributed by atoms with Crippen molar-refractivity contribution in [2.24, 2.45) is 0 Å². The molecule has 0 radical (unpaired) electrons. The van der Waals surface area contributed by atoms with Gasteiger partial charge in [0, 0.05) is 10.5 Å². The number of aromatic nitrogens is 1. The van der Waals surface area contributed by atoms with Crippen LogP contribution in [0.1, 0.15) is 0 Å². The molecule has 0 saturated carbocycles. The largest absolute Gasteiger partial charge is 0.481 e. The molecular weight excluding hydrogens is 329 g/mol. The van der Waals surface area contributed by atoms with Gasteiger partial charge in [-0.25, -0.2) is 4.39 Å². The van der Waals surface area contributed by atoms with Crippen LogP contribution in [0.15, 0.2) is 45.8 Å². The van der Waals surface area contributed by atoms with Crippen molar-refractivity contribution in [2.45, 2.75) is 4.90 Å². The van der Waals surface area contributed by atoms with Crippen molar-refractivity contribution in [3.63, 3.8) is 0 Å². The van der Waals surface area contributed by atoms with Gasteiger partial charge >= 0.3 is 5.97 Å². The highest BCUT2D eigenvalue weighted by atomic mass is 35.5. The summed E-state index contributed by atoms with van der Waals surface area (Å²) in [4.78, 5) is 11.2. The number of hydrogen-bond donors (Lipinski definition) is 1. The number of carbonyl (C=O) groups is 1. The molecule has 3 aromatic rings. The van der Waals surface area contributed by atoms with E-state index < -0.39 is 11.8 Å². The van der Waals surface area contributed by atoms with E-state index >= 15 is 0 Å². The van der Waals surface area contributed by atoms with Crippen LogP contribution in [0, 0.1) is 5.82 Å². The molecule has 0 aliphatic heterocycles.